The van der Waals surface area contributed by atoms with E-state index in [-0.39, 0.29) is 17.6 Å². The number of para-hydroxylation sites is 2. The van der Waals surface area contributed by atoms with Crippen molar-refractivity contribution >= 4 is 21.8 Å². The van der Waals surface area contributed by atoms with Crippen LogP contribution in [-0.4, -0.2) is 19.5 Å². The maximum atomic E-state index is 9.00. The first-order chi connectivity index (χ1) is 29.3. The van der Waals surface area contributed by atoms with Crippen LogP contribution in [0.15, 0.2) is 206 Å². The van der Waals surface area contributed by atoms with Gasteiger partial charge in [0, 0.05) is 33.0 Å². The lowest BCUT2D eigenvalue weighted by Crippen LogP contribution is -2.02. The highest BCUT2D eigenvalue weighted by molar-refractivity contribution is 6.09. The van der Waals surface area contributed by atoms with E-state index in [0.29, 0.717) is 34.3 Å². The molecule has 10 rings (SSSR count). The summed E-state index contributed by atoms with van der Waals surface area (Å²) >= 11 is 0. The van der Waals surface area contributed by atoms with Gasteiger partial charge in [-0.25, -0.2) is 15.0 Å². The van der Waals surface area contributed by atoms with Crippen LogP contribution < -0.4 is 0 Å². The Morgan fingerprint density at radius 3 is 1.44 bits per heavy atom. The third kappa shape index (κ3) is 6.06. The number of aromatic nitrogens is 4. The van der Waals surface area contributed by atoms with E-state index in [1.54, 1.807) is 0 Å². The zero-order valence-corrected chi connectivity index (χ0v) is 29.5. The lowest BCUT2D eigenvalue weighted by molar-refractivity contribution is 1.07. The number of fused-ring (bicyclic) bond motifs is 3. The summed E-state index contributed by atoms with van der Waals surface area (Å²) in [6, 6.07) is 56.8. The lowest BCUT2D eigenvalue weighted by atomic mass is 9.99. The maximum Gasteiger partial charge on any atom is 0.164 e. The van der Waals surface area contributed by atoms with Gasteiger partial charge < -0.3 is 4.57 Å². The predicted octanol–water partition coefficient (Wildman–Crippen LogP) is 13.0. The molecular formula is C51H34N4. The molecule has 0 aliphatic rings. The minimum absolute atomic E-state index is 0.110. The molecule has 55 heavy (non-hydrogen) atoms. The average Bonchev–Trinajstić information content (AvgIpc) is 3.65. The topological polar surface area (TPSA) is 43.6 Å². The van der Waals surface area contributed by atoms with E-state index in [9.17, 15) is 0 Å². The summed E-state index contributed by atoms with van der Waals surface area (Å²) in [5.41, 5.74) is 9.70. The van der Waals surface area contributed by atoms with Crippen molar-refractivity contribution in [3.05, 3.63) is 206 Å². The van der Waals surface area contributed by atoms with Crippen molar-refractivity contribution in [3.8, 4) is 73.2 Å². The van der Waals surface area contributed by atoms with Gasteiger partial charge in [-0.15, -0.1) is 0 Å². The second-order valence-corrected chi connectivity index (χ2v) is 13.3. The van der Waals surface area contributed by atoms with Crippen molar-refractivity contribution in [2.75, 3.05) is 0 Å². The van der Waals surface area contributed by atoms with Crippen molar-refractivity contribution in [2.24, 2.45) is 0 Å². The molecule has 0 spiro atoms. The Morgan fingerprint density at radius 2 is 0.800 bits per heavy atom. The van der Waals surface area contributed by atoms with E-state index >= 15 is 0 Å². The molecule has 0 atom stereocenters. The van der Waals surface area contributed by atoms with Gasteiger partial charge in [0.1, 0.15) is 0 Å². The largest absolute Gasteiger partial charge is 0.309 e. The van der Waals surface area contributed by atoms with E-state index in [1.165, 1.54) is 0 Å². The first-order valence-electron chi connectivity index (χ1n) is 20.6. The molecule has 4 nitrogen and oxygen atoms in total. The first kappa shape index (κ1) is 27.2. The normalized spacial score (nSPS) is 12.5. The number of hydrogen-bond acceptors (Lipinski definition) is 3. The Kier molecular flexibility index (Phi) is 6.85. The molecule has 0 saturated carbocycles. The van der Waals surface area contributed by atoms with E-state index in [0.717, 1.165) is 55.2 Å². The number of nitrogens with zero attached hydrogens (tertiary/aromatic N) is 4. The van der Waals surface area contributed by atoms with Gasteiger partial charge in [-0.3, -0.25) is 0 Å². The summed E-state index contributed by atoms with van der Waals surface area (Å²) in [4.78, 5) is 15.2. The molecule has 10 aromatic rings. The fourth-order valence-corrected chi connectivity index (χ4v) is 7.31. The van der Waals surface area contributed by atoms with Crippen LogP contribution in [-0.2, 0) is 0 Å². The van der Waals surface area contributed by atoms with Crippen LogP contribution in [0.25, 0.3) is 95.0 Å². The van der Waals surface area contributed by atoms with Crippen molar-refractivity contribution in [2.45, 2.75) is 0 Å². The van der Waals surface area contributed by atoms with Crippen LogP contribution in [0.3, 0.4) is 0 Å². The molecule has 4 heteroatoms. The molecule has 258 valence electrons. The van der Waals surface area contributed by atoms with E-state index < -0.39 is 18.1 Å². The number of rotatable bonds is 7. The monoisotopic (exact) mass is 707 g/mol. The molecule has 0 amide bonds. The third-order valence-electron chi connectivity index (χ3n) is 9.96. The molecular weight excluding hydrogens is 669 g/mol. The minimum Gasteiger partial charge on any atom is -0.309 e. The Morgan fingerprint density at radius 1 is 0.345 bits per heavy atom. The summed E-state index contributed by atoms with van der Waals surface area (Å²) in [7, 11) is 0. The average molecular weight is 708 g/mol. The third-order valence-corrected chi connectivity index (χ3v) is 9.96. The van der Waals surface area contributed by atoms with Gasteiger partial charge in [-0.2, -0.15) is 0 Å². The molecule has 2 heterocycles. The highest BCUT2D eigenvalue weighted by Gasteiger charge is 2.19. The number of hydrogen-bond donors (Lipinski definition) is 0. The highest BCUT2D eigenvalue weighted by Crippen LogP contribution is 2.38. The minimum atomic E-state index is -0.441. The molecule has 0 saturated heterocycles. The Labute approximate surface area is 326 Å². The molecule has 0 aliphatic carbocycles. The second-order valence-electron chi connectivity index (χ2n) is 13.3. The van der Waals surface area contributed by atoms with Crippen molar-refractivity contribution in [1.29, 1.82) is 0 Å². The van der Waals surface area contributed by atoms with Crippen LogP contribution in [0.5, 0.6) is 0 Å². The zero-order chi connectivity index (χ0) is 40.9. The van der Waals surface area contributed by atoms with E-state index in [2.05, 4.69) is 65.2 Å². The predicted molar refractivity (Wildman–Crippen MR) is 227 cm³/mol. The Hall–Kier alpha value is -7.43. The summed E-state index contributed by atoms with van der Waals surface area (Å²) in [5, 5.41) is 2.04. The summed E-state index contributed by atoms with van der Waals surface area (Å²) in [6.07, 6.45) is 0. The van der Waals surface area contributed by atoms with Gasteiger partial charge in [0.15, 0.2) is 17.5 Å². The molecule has 0 aliphatic heterocycles. The zero-order valence-electron chi connectivity index (χ0n) is 34.5. The van der Waals surface area contributed by atoms with E-state index in [4.69, 9.17) is 21.8 Å². The van der Waals surface area contributed by atoms with Gasteiger partial charge in [0.05, 0.1) is 23.6 Å². The SMILES string of the molecule is [2H]c1c([2H])c([2H])c(-c2ccc(-c3nc(-c4ccccc4)nc(-c4cccc(-c5ccc(-c6ccccc6)cc5)c4)n3)cc2-n2c3ccccc3c3ccccc32)c([2H])c1[2H]. The van der Waals surface area contributed by atoms with Crippen LogP contribution in [0.1, 0.15) is 6.85 Å². The Bertz CT molecular complexity index is 3170. The van der Waals surface area contributed by atoms with Gasteiger partial charge >= 0.3 is 0 Å². The summed E-state index contributed by atoms with van der Waals surface area (Å²) < 4.78 is 45.5. The molecule has 0 N–H and O–H groups in total. The molecule has 2 aromatic heterocycles. The second kappa shape index (κ2) is 13.8. The fourth-order valence-electron chi connectivity index (χ4n) is 7.31. The van der Waals surface area contributed by atoms with Gasteiger partial charge in [0.25, 0.3) is 0 Å². The molecule has 8 aromatic carbocycles. The maximum absolute atomic E-state index is 9.00. The first-order valence-corrected chi connectivity index (χ1v) is 18.1. The summed E-state index contributed by atoms with van der Waals surface area (Å²) in [5.74, 6) is 1.42. The van der Waals surface area contributed by atoms with Gasteiger partial charge in [-0.05, 0) is 52.1 Å². The van der Waals surface area contributed by atoms with Crippen molar-refractivity contribution in [1.82, 2.24) is 19.5 Å². The van der Waals surface area contributed by atoms with Crippen molar-refractivity contribution < 1.29 is 6.85 Å². The summed E-state index contributed by atoms with van der Waals surface area (Å²) in [6.45, 7) is 0. The molecule has 0 radical (unpaired) electrons. The number of benzene rings is 8. The van der Waals surface area contributed by atoms with Crippen molar-refractivity contribution in [3.63, 3.8) is 0 Å². The highest BCUT2D eigenvalue weighted by atomic mass is 15.0. The molecule has 0 unspecified atom stereocenters. The van der Waals surface area contributed by atoms with Gasteiger partial charge in [-0.1, -0.05) is 182 Å². The quantitative estimate of drug-likeness (QED) is 0.166. The molecule has 0 bridgehead atoms. The van der Waals surface area contributed by atoms with Crippen LogP contribution in [0.2, 0.25) is 0 Å². The van der Waals surface area contributed by atoms with Crippen LogP contribution in [0, 0.1) is 0 Å². The smallest absolute Gasteiger partial charge is 0.164 e. The van der Waals surface area contributed by atoms with Crippen LogP contribution in [0.4, 0.5) is 0 Å². The molecule has 0 fully saturated rings. The lowest BCUT2D eigenvalue weighted by Gasteiger charge is -2.16. The Balaban J connectivity index is 1.18. The van der Waals surface area contributed by atoms with E-state index in [1.807, 2.05) is 115 Å². The fraction of sp³-hybridized carbons (Fsp3) is 0. The van der Waals surface area contributed by atoms with Gasteiger partial charge in [0.2, 0.25) is 0 Å². The standard InChI is InChI=1S/C51H34N4/c1-4-15-35(16-5-1)36-27-29-37(30-28-36)40-21-14-22-41(33-40)50-52-49(39-19-8-3-9-20-39)53-51(54-50)42-31-32-43(38-17-6-2-7-18-38)48(34-42)55-46-25-12-10-23-44(46)45-24-11-13-26-47(45)55/h1-34H/i2D,6D,7D,17D,18D. The van der Waals surface area contributed by atoms with Crippen LogP contribution >= 0.6 is 0 Å².